The van der Waals surface area contributed by atoms with Crippen LogP contribution in [0.5, 0.6) is 0 Å². The zero-order valence-corrected chi connectivity index (χ0v) is 15.1. The molecule has 3 rings (SSSR count). The van der Waals surface area contributed by atoms with Gasteiger partial charge in [0.25, 0.3) is 0 Å². The van der Waals surface area contributed by atoms with Crippen LogP contribution in [-0.4, -0.2) is 0 Å². The average molecular weight is 430 g/mol. The summed E-state index contributed by atoms with van der Waals surface area (Å²) in [5.41, 5.74) is 1.87. The molecule has 0 saturated carbocycles. The molecule has 1 atom stereocenters. The largest absolute Gasteiger partial charge is 0.459 e. The predicted octanol–water partition coefficient (Wildman–Crippen LogP) is 6.78. The van der Waals surface area contributed by atoms with Gasteiger partial charge in [0.2, 0.25) is 0 Å². The molecule has 0 aliphatic rings. The number of hydrogen-bond acceptors (Lipinski definition) is 2. The number of hydrogen-bond donors (Lipinski definition) is 1. The molecule has 1 unspecified atom stereocenters. The van der Waals surface area contributed by atoms with E-state index in [0.717, 1.165) is 31.4 Å². The Morgan fingerprint density at radius 2 is 1.90 bits per heavy atom. The van der Waals surface area contributed by atoms with Gasteiger partial charge >= 0.3 is 0 Å². The number of nitrogens with one attached hydrogen (secondary N) is 1. The highest BCUT2D eigenvalue weighted by Gasteiger charge is 2.12. The summed E-state index contributed by atoms with van der Waals surface area (Å²) in [7, 11) is 0. The Morgan fingerprint density at radius 3 is 2.67 bits per heavy atom. The van der Waals surface area contributed by atoms with Crippen molar-refractivity contribution in [1.29, 1.82) is 0 Å². The first-order valence-electron chi connectivity index (χ1n) is 6.43. The summed E-state index contributed by atoms with van der Waals surface area (Å²) in [4.78, 5) is 0. The normalized spacial score (nSPS) is 12.6. The third-order valence-electron chi connectivity index (χ3n) is 3.23. The lowest BCUT2D eigenvalue weighted by molar-refractivity contribution is 0.526. The first kappa shape index (κ1) is 14.9. The number of fused-ring (bicyclic) bond motifs is 1. The van der Waals surface area contributed by atoms with Crippen molar-refractivity contribution in [2.75, 3.05) is 5.32 Å². The smallest absolute Gasteiger partial charge is 0.134 e. The van der Waals surface area contributed by atoms with Gasteiger partial charge in [0, 0.05) is 20.0 Å². The number of benzene rings is 2. The lowest BCUT2D eigenvalue weighted by Gasteiger charge is -2.13. The minimum Gasteiger partial charge on any atom is -0.459 e. The Hall–Kier alpha value is -0.970. The standard InChI is InChI=1S/C16H12Br2ClNO/c1-9(20-12-3-4-14(19)13(18)8-12)16-7-10-6-11(17)2-5-15(10)21-16/h2-9,20H,1H3. The molecule has 2 nitrogen and oxygen atoms in total. The molecule has 0 spiro atoms. The van der Waals surface area contributed by atoms with Crippen molar-refractivity contribution >= 4 is 60.1 Å². The second-order valence-corrected chi connectivity index (χ2v) is 7.00. The van der Waals surface area contributed by atoms with E-state index in [9.17, 15) is 0 Å². The molecule has 0 aliphatic carbocycles. The predicted molar refractivity (Wildman–Crippen MR) is 95.1 cm³/mol. The summed E-state index contributed by atoms with van der Waals surface area (Å²) in [6, 6.07) is 13.9. The van der Waals surface area contributed by atoms with Crippen LogP contribution in [0.2, 0.25) is 5.02 Å². The van der Waals surface area contributed by atoms with E-state index in [0.29, 0.717) is 5.02 Å². The van der Waals surface area contributed by atoms with Gasteiger partial charge in [-0.3, -0.25) is 0 Å². The van der Waals surface area contributed by atoms with Gasteiger partial charge in [0.1, 0.15) is 11.3 Å². The molecule has 1 aromatic heterocycles. The van der Waals surface area contributed by atoms with Crippen molar-refractivity contribution in [3.8, 4) is 0 Å². The van der Waals surface area contributed by atoms with Crippen molar-refractivity contribution in [3.05, 3.63) is 62.2 Å². The topological polar surface area (TPSA) is 25.2 Å². The van der Waals surface area contributed by atoms with Crippen LogP contribution in [0.4, 0.5) is 5.69 Å². The summed E-state index contributed by atoms with van der Waals surface area (Å²) in [6.07, 6.45) is 0. The Morgan fingerprint density at radius 1 is 1.10 bits per heavy atom. The van der Waals surface area contributed by atoms with E-state index in [4.69, 9.17) is 16.0 Å². The van der Waals surface area contributed by atoms with E-state index < -0.39 is 0 Å². The van der Waals surface area contributed by atoms with Crippen LogP contribution >= 0.6 is 43.5 Å². The second kappa shape index (κ2) is 6.03. The minimum absolute atomic E-state index is 0.0595. The first-order valence-corrected chi connectivity index (χ1v) is 8.40. The van der Waals surface area contributed by atoms with E-state index in [1.807, 2.05) is 36.4 Å². The molecule has 21 heavy (non-hydrogen) atoms. The molecule has 1 N–H and O–H groups in total. The van der Waals surface area contributed by atoms with E-state index in [1.165, 1.54) is 0 Å². The van der Waals surface area contributed by atoms with Crippen molar-refractivity contribution in [1.82, 2.24) is 0 Å². The molecule has 0 bridgehead atoms. The SMILES string of the molecule is CC(Nc1ccc(Cl)c(Br)c1)c1cc2cc(Br)ccc2o1. The molecular formula is C16H12Br2ClNO. The zero-order chi connectivity index (χ0) is 15.0. The van der Waals surface area contributed by atoms with E-state index in [-0.39, 0.29) is 6.04 Å². The van der Waals surface area contributed by atoms with Crippen LogP contribution in [-0.2, 0) is 0 Å². The molecule has 0 amide bonds. The molecular weight excluding hydrogens is 417 g/mol. The summed E-state index contributed by atoms with van der Waals surface area (Å²) in [5, 5.41) is 5.19. The third-order valence-corrected chi connectivity index (χ3v) is 4.93. The van der Waals surface area contributed by atoms with Crippen LogP contribution < -0.4 is 5.32 Å². The highest BCUT2D eigenvalue weighted by Crippen LogP contribution is 2.30. The molecule has 2 aromatic carbocycles. The Labute approximate surface area is 144 Å². The van der Waals surface area contributed by atoms with Crippen LogP contribution in [0.15, 0.2) is 55.8 Å². The minimum atomic E-state index is 0.0595. The number of furan rings is 1. The molecule has 3 aromatic rings. The van der Waals surface area contributed by atoms with Crippen molar-refractivity contribution in [2.45, 2.75) is 13.0 Å². The van der Waals surface area contributed by atoms with E-state index in [2.05, 4.69) is 50.2 Å². The van der Waals surface area contributed by atoms with Crippen molar-refractivity contribution in [3.63, 3.8) is 0 Å². The number of halogens is 3. The van der Waals surface area contributed by atoms with Gasteiger partial charge in [0.15, 0.2) is 0 Å². The Bertz CT molecular complexity index is 800. The van der Waals surface area contributed by atoms with Crippen LogP contribution in [0, 0.1) is 0 Å². The molecule has 0 radical (unpaired) electrons. The second-order valence-electron chi connectivity index (χ2n) is 4.83. The van der Waals surface area contributed by atoms with Gasteiger partial charge in [-0.15, -0.1) is 0 Å². The maximum atomic E-state index is 6.00. The fraction of sp³-hybridized carbons (Fsp3) is 0.125. The quantitative estimate of drug-likeness (QED) is 0.496. The molecule has 5 heteroatoms. The van der Waals surface area contributed by atoms with Gasteiger partial charge in [-0.05, 0) is 65.3 Å². The highest BCUT2D eigenvalue weighted by atomic mass is 79.9. The molecule has 0 aliphatic heterocycles. The molecule has 1 heterocycles. The molecule has 0 saturated heterocycles. The summed E-state index contributed by atoms with van der Waals surface area (Å²) in [5.74, 6) is 0.897. The van der Waals surface area contributed by atoms with Crippen LogP contribution in [0.3, 0.4) is 0 Å². The highest BCUT2D eigenvalue weighted by molar-refractivity contribution is 9.10. The Kier molecular flexibility index (Phi) is 4.29. The number of rotatable bonds is 3. The third kappa shape index (κ3) is 3.28. The fourth-order valence-electron chi connectivity index (χ4n) is 2.16. The average Bonchev–Trinajstić information content (AvgIpc) is 2.86. The molecule has 108 valence electrons. The van der Waals surface area contributed by atoms with E-state index in [1.54, 1.807) is 0 Å². The fourth-order valence-corrected chi connectivity index (χ4v) is 3.03. The van der Waals surface area contributed by atoms with Gasteiger partial charge in [-0.1, -0.05) is 27.5 Å². The van der Waals surface area contributed by atoms with Crippen LogP contribution in [0.1, 0.15) is 18.7 Å². The zero-order valence-electron chi connectivity index (χ0n) is 11.2. The Balaban J connectivity index is 1.85. The summed E-state index contributed by atoms with van der Waals surface area (Å²) in [6.45, 7) is 2.06. The van der Waals surface area contributed by atoms with Crippen molar-refractivity contribution in [2.24, 2.45) is 0 Å². The van der Waals surface area contributed by atoms with Gasteiger partial charge in [-0.2, -0.15) is 0 Å². The van der Waals surface area contributed by atoms with E-state index >= 15 is 0 Å². The van der Waals surface area contributed by atoms with Crippen LogP contribution in [0.25, 0.3) is 11.0 Å². The van der Waals surface area contributed by atoms with Gasteiger partial charge in [0.05, 0.1) is 11.1 Å². The maximum Gasteiger partial charge on any atom is 0.134 e. The maximum absolute atomic E-state index is 6.00. The number of anilines is 1. The monoisotopic (exact) mass is 427 g/mol. The lowest BCUT2D eigenvalue weighted by atomic mass is 10.2. The van der Waals surface area contributed by atoms with Gasteiger partial charge < -0.3 is 9.73 Å². The summed E-state index contributed by atoms with van der Waals surface area (Å²) < 4.78 is 7.81. The molecule has 0 fully saturated rings. The van der Waals surface area contributed by atoms with Crippen molar-refractivity contribution < 1.29 is 4.42 Å². The first-order chi connectivity index (χ1) is 10.0. The lowest BCUT2D eigenvalue weighted by Crippen LogP contribution is -2.05. The van der Waals surface area contributed by atoms with Gasteiger partial charge in [-0.25, -0.2) is 0 Å². The summed E-state index contributed by atoms with van der Waals surface area (Å²) >= 11 is 12.9.